The molecule has 0 radical (unpaired) electrons. The van der Waals surface area contributed by atoms with E-state index in [1.807, 2.05) is 76.2 Å². The van der Waals surface area contributed by atoms with Gasteiger partial charge >= 0.3 is 6.03 Å². The molecule has 0 spiro atoms. The Hall–Kier alpha value is -2.69. The Morgan fingerprint density at radius 1 is 0.786 bits per heavy atom. The number of amides is 2. The normalized spacial score (nSPS) is 11.6. The first-order valence-corrected chi connectivity index (χ1v) is 9.49. The zero-order valence-electron chi connectivity index (χ0n) is 17.8. The van der Waals surface area contributed by atoms with Crippen LogP contribution in [-0.2, 0) is 12.8 Å². The molecule has 152 valence electrons. The maximum absolute atomic E-state index is 12.6. The molecule has 0 heterocycles. The van der Waals surface area contributed by atoms with E-state index < -0.39 is 11.1 Å². The molecule has 2 N–H and O–H groups in total. The molecule has 0 unspecified atom stereocenters. The summed E-state index contributed by atoms with van der Waals surface area (Å²) >= 11 is 0. The minimum atomic E-state index is -0.400. The highest BCUT2D eigenvalue weighted by Crippen LogP contribution is 2.20. The van der Waals surface area contributed by atoms with Crippen LogP contribution in [0, 0.1) is 0 Å². The van der Waals surface area contributed by atoms with E-state index in [-0.39, 0.29) is 6.03 Å². The minimum Gasteiger partial charge on any atom is -0.497 e. The predicted octanol–water partition coefficient (Wildman–Crippen LogP) is 4.35. The van der Waals surface area contributed by atoms with E-state index in [9.17, 15) is 4.79 Å². The standard InChI is InChI=1S/C23H32N2O3/c1-22(2,15-17-9-7-11-19(13-17)27-5)24-21(26)25-23(3,4)16-18-10-8-12-20(14-18)28-6/h7-14H,15-16H2,1-6H3,(H2,24,25,26). The van der Waals surface area contributed by atoms with Gasteiger partial charge in [0.1, 0.15) is 11.5 Å². The van der Waals surface area contributed by atoms with Crippen molar-refractivity contribution in [3.8, 4) is 11.5 Å². The molecule has 2 rings (SSSR count). The van der Waals surface area contributed by atoms with Crippen LogP contribution in [0.15, 0.2) is 48.5 Å². The summed E-state index contributed by atoms with van der Waals surface area (Å²) in [4.78, 5) is 12.6. The average Bonchev–Trinajstić information content (AvgIpc) is 2.59. The fourth-order valence-electron chi connectivity index (χ4n) is 3.32. The number of ether oxygens (including phenoxy) is 2. The number of benzene rings is 2. The molecular weight excluding hydrogens is 352 g/mol. The summed E-state index contributed by atoms with van der Waals surface area (Å²) in [6.07, 6.45) is 1.40. The summed E-state index contributed by atoms with van der Waals surface area (Å²) in [6, 6.07) is 15.6. The van der Waals surface area contributed by atoms with Crippen molar-refractivity contribution in [3.63, 3.8) is 0 Å². The van der Waals surface area contributed by atoms with Gasteiger partial charge in [0, 0.05) is 11.1 Å². The third-order valence-electron chi connectivity index (χ3n) is 4.46. The van der Waals surface area contributed by atoms with Crippen LogP contribution in [0.1, 0.15) is 38.8 Å². The number of methoxy groups -OCH3 is 2. The third-order valence-corrected chi connectivity index (χ3v) is 4.46. The Kier molecular flexibility index (Phi) is 6.95. The molecule has 0 aliphatic rings. The quantitative estimate of drug-likeness (QED) is 0.711. The number of hydrogen-bond acceptors (Lipinski definition) is 3. The first-order chi connectivity index (χ1) is 13.1. The summed E-state index contributed by atoms with van der Waals surface area (Å²) in [5, 5.41) is 6.18. The molecular formula is C23H32N2O3. The average molecular weight is 385 g/mol. The summed E-state index contributed by atoms with van der Waals surface area (Å²) < 4.78 is 10.6. The van der Waals surface area contributed by atoms with E-state index in [0.29, 0.717) is 12.8 Å². The molecule has 5 nitrogen and oxygen atoms in total. The van der Waals surface area contributed by atoms with Crippen LogP contribution in [0.25, 0.3) is 0 Å². The smallest absolute Gasteiger partial charge is 0.315 e. The lowest BCUT2D eigenvalue weighted by molar-refractivity contribution is 0.218. The number of rotatable bonds is 8. The Bertz CT molecular complexity index is 734. The molecule has 0 saturated carbocycles. The molecule has 0 saturated heterocycles. The lowest BCUT2D eigenvalue weighted by Gasteiger charge is -2.31. The number of nitrogens with one attached hydrogen (secondary N) is 2. The molecule has 0 aromatic heterocycles. The molecule has 5 heteroatoms. The van der Waals surface area contributed by atoms with Crippen molar-refractivity contribution >= 4 is 6.03 Å². The molecule has 2 aromatic carbocycles. The SMILES string of the molecule is COc1cccc(CC(C)(C)NC(=O)NC(C)(C)Cc2cccc(OC)c2)c1. The van der Waals surface area contributed by atoms with Crippen molar-refractivity contribution < 1.29 is 14.3 Å². The van der Waals surface area contributed by atoms with Crippen LogP contribution in [-0.4, -0.2) is 31.3 Å². The molecule has 28 heavy (non-hydrogen) atoms. The molecule has 0 fully saturated rings. The fourth-order valence-corrected chi connectivity index (χ4v) is 3.32. The van der Waals surface area contributed by atoms with Crippen LogP contribution < -0.4 is 20.1 Å². The fraction of sp³-hybridized carbons (Fsp3) is 0.435. The molecule has 2 aromatic rings. The van der Waals surface area contributed by atoms with Gasteiger partial charge in [0.05, 0.1) is 14.2 Å². The monoisotopic (exact) mass is 384 g/mol. The van der Waals surface area contributed by atoms with Crippen molar-refractivity contribution in [2.45, 2.75) is 51.6 Å². The first-order valence-electron chi connectivity index (χ1n) is 9.49. The highest BCUT2D eigenvalue weighted by molar-refractivity contribution is 5.75. The predicted molar refractivity (Wildman–Crippen MR) is 113 cm³/mol. The molecule has 0 aliphatic carbocycles. The summed E-state index contributed by atoms with van der Waals surface area (Å²) in [5.74, 6) is 1.63. The molecule has 2 amide bonds. The van der Waals surface area contributed by atoms with Gasteiger partial charge in [0.25, 0.3) is 0 Å². The van der Waals surface area contributed by atoms with Gasteiger partial charge in [-0.25, -0.2) is 4.79 Å². The highest BCUT2D eigenvalue weighted by Gasteiger charge is 2.26. The molecule has 0 atom stereocenters. The maximum Gasteiger partial charge on any atom is 0.315 e. The van der Waals surface area contributed by atoms with E-state index in [1.165, 1.54) is 0 Å². The summed E-state index contributed by atoms with van der Waals surface area (Å²) in [7, 11) is 3.31. The zero-order valence-corrected chi connectivity index (χ0v) is 17.8. The minimum absolute atomic E-state index is 0.180. The number of hydrogen-bond donors (Lipinski definition) is 2. The maximum atomic E-state index is 12.6. The van der Waals surface area contributed by atoms with Gasteiger partial charge in [-0.05, 0) is 75.9 Å². The second-order valence-electron chi connectivity index (χ2n) is 8.40. The van der Waals surface area contributed by atoms with Crippen molar-refractivity contribution in [3.05, 3.63) is 59.7 Å². The van der Waals surface area contributed by atoms with Crippen molar-refractivity contribution in [1.29, 1.82) is 0 Å². The van der Waals surface area contributed by atoms with Crippen molar-refractivity contribution in [2.24, 2.45) is 0 Å². The molecule has 0 bridgehead atoms. The van der Waals surface area contributed by atoms with Crippen LogP contribution in [0.5, 0.6) is 11.5 Å². The topological polar surface area (TPSA) is 59.6 Å². The van der Waals surface area contributed by atoms with Gasteiger partial charge in [0.2, 0.25) is 0 Å². The van der Waals surface area contributed by atoms with Gasteiger partial charge in [-0.1, -0.05) is 24.3 Å². The number of carbonyl (C=O) groups is 1. The van der Waals surface area contributed by atoms with Crippen molar-refractivity contribution in [2.75, 3.05) is 14.2 Å². The van der Waals surface area contributed by atoms with Gasteiger partial charge in [-0.2, -0.15) is 0 Å². The van der Waals surface area contributed by atoms with Gasteiger partial charge in [0.15, 0.2) is 0 Å². The van der Waals surface area contributed by atoms with Gasteiger partial charge < -0.3 is 20.1 Å². The Morgan fingerprint density at radius 2 is 1.18 bits per heavy atom. The van der Waals surface area contributed by atoms with E-state index >= 15 is 0 Å². The third kappa shape index (κ3) is 6.80. The zero-order chi connectivity index (χ0) is 20.8. The highest BCUT2D eigenvalue weighted by atomic mass is 16.5. The van der Waals surface area contributed by atoms with Crippen LogP contribution in [0.2, 0.25) is 0 Å². The van der Waals surface area contributed by atoms with E-state index in [2.05, 4.69) is 10.6 Å². The number of urea groups is 1. The lowest BCUT2D eigenvalue weighted by atomic mass is 9.94. The van der Waals surface area contributed by atoms with Crippen LogP contribution in [0.3, 0.4) is 0 Å². The van der Waals surface area contributed by atoms with Gasteiger partial charge in [-0.3, -0.25) is 0 Å². The second kappa shape index (κ2) is 9.00. The largest absolute Gasteiger partial charge is 0.497 e. The number of carbonyl (C=O) groups excluding carboxylic acids is 1. The Balaban J connectivity index is 1.96. The van der Waals surface area contributed by atoms with E-state index in [1.54, 1.807) is 14.2 Å². The summed E-state index contributed by atoms with van der Waals surface area (Å²) in [5.41, 5.74) is 1.42. The lowest BCUT2D eigenvalue weighted by Crippen LogP contribution is -2.55. The summed E-state index contributed by atoms with van der Waals surface area (Å²) in [6.45, 7) is 8.06. The van der Waals surface area contributed by atoms with Gasteiger partial charge in [-0.15, -0.1) is 0 Å². The second-order valence-corrected chi connectivity index (χ2v) is 8.40. The first kappa shape index (κ1) is 21.6. The Labute approximate surface area is 168 Å². The van der Waals surface area contributed by atoms with Crippen LogP contribution in [0.4, 0.5) is 4.79 Å². The van der Waals surface area contributed by atoms with Crippen LogP contribution >= 0.6 is 0 Å². The van der Waals surface area contributed by atoms with E-state index in [0.717, 1.165) is 22.6 Å². The van der Waals surface area contributed by atoms with E-state index in [4.69, 9.17) is 9.47 Å². The van der Waals surface area contributed by atoms with Crippen molar-refractivity contribution in [1.82, 2.24) is 10.6 Å². The molecule has 0 aliphatic heterocycles. The Morgan fingerprint density at radius 3 is 1.54 bits per heavy atom.